The quantitative estimate of drug-likeness (QED) is 0.555. The highest BCUT2D eigenvalue weighted by atomic mass is 35.5. The van der Waals surface area contributed by atoms with Crippen LogP contribution in [0.1, 0.15) is 69.9 Å². The van der Waals surface area contributed by atoms with Gasteiger partial charge in [-0.25, -0.2) is 0 Å². The number of thiophene rings is 1. The average molecular weight is 433 g/mol. The molecule has 5 heteroatoms. The van der Waals surface area contributed by atoms with Crippen molar-refractivity contribution >= 4 is 28.7 Å². The van der Waals surface area contributed by atoms with E-state index < -0.39 is 6.10 Å². The first kappa shape index (κ1) is 20.9. The number of carbonyl (C=O) groups excluding carboxylic acids is 1. The minimum Gasteiger partial charge on any atom is -0.489 e. The van der Waals surface area contributed by atoms with Crippen molar-refractivity contribution in [1.82, 2.24) is 0 Å². The number of Topliss-reactive ketones (excluding diaryl/α,β-unsaturated/α-hetero) is 1. The zero-order valence-electron chi connectivity index (χ0n) is 17.8. The van der Waals surface area contributed by atoms with Crippen LogP contribution < -0.4 is 4.74 Å². The third kappa shape index (κ3) is 3.64. The Morgan fingerprint density at radius 2 is 2.10 bits per heavy atom. The molecule has 3 atom stereocenters. The number of fused-ring (bicyclic) bond motifs is 3. The summed E-state index contributed by atoms with van der Waals surface area (Å²) in [6.07, 6.45) is 1.68. The van der Waals surface area contributed by atoms with E-state index in [1.54, 1.807) is 18.3 Å². The van der Waals surface area contributed by atoms with Crippen LogP contribution in [-0.4, -0.2) is 23.6 Å². The minimum atomic E-state index is -0.546. The van der Waals surface area contributed by atoms with Gasteiger partial charge in [0, 0.05) is 11.3 Å². The zero-order chi connectivity index (χ0) is 21.1. The first-order chi connectivity index (χ1) is 13.6. The van der Waals surface area contributed by atoms with Gasteiger partial charge in [0.05, 0.1) is 16.0 Å². The number of halogens is 1. The van der Waals surface area contributed by atoms with E-state index in [9.17, 15) is 9.90 Å². The highest BCUT2D eigenvalue weighted by molar-refractivity contribution is 7.14. The van der Waals surface area contributed by atoms with Crippen LogP contribution in [0.2, 0.25) is 5.02 Å². The molecule has 156 valence electrons. The highest BCUT2D eigenvalue weighted by Crippen LogP contribution is 2.71. The Bertz CT molecular complexity index is 950. The fourth-order valence-corrected chi connectivity index (χ4v) is 6.60. The standard InChI is InChI=1S/C24H29ClO3S/c1-12-8-15(9-18(25)22(12)28-11-13(2)26)6-7-19(27)23-16-10-17-21(24(17,4)5)20(16)14(3)29-23/h8-9,13,17,21,26H,6-7,10-11H2,1-5H3/t13?,17-,21-/m1/s1. The number of hydrogen-bond acceptors (Lipinski definition) is 4. The number of rotatable bonds is 7. The summed E-state index contributed by atoms with van der Waals surface area (Å²) in [6, 6.07) is 3.90. The Labute approximate surface area is 182 Å². The molecule has 2 aromatic rings. The Morgan fingerprint density at radius 3 is 2.76 bits per heavy atom. The lowest BCUT2D eigenvalue weighted by molar-refractivity contribution is 0.0985. The lowest BCUT2D eigenvalue weighted by Gasteiger charge is -2.14. The van der Waals surface area contributed by atoms with Crippen molar-refractivity contribution in [2.75, 3.05) is 6.61 Å². The third-order valence-electron chi connectivity index (χ3n) is 6.67. The van der Waals surface area contributed by atoms with Gasteiger partial charge < -0.3 is 9.84 Å². The number of benzene rings is 1. The molecule has 2 aliphatic rings. The van der Waals surface area contributed by atoms with Gasteiger partial charge in [-0.2, -0.15) is 0 Å². The van der Waals surface area contributed by atoms with Gasteiger partial charge in [0.25, 0.3) is 0 Å². The monoisotopic (exact) mass is 432 g/mol. The van der Waals surface area contributed by atoms with Crippen molar-refractivity contribution in [1.29, 1.82) is 0 Å². The maximum atomic E-state index is 13.0. The molecule has 0 aliphatic heterocycles. The molecule has 1 N–H and O–H groups in total. The molecule has 1 unspecified atom stereocenters. The van der Waals surface area contributed by atoms with Gasteiger partial charge in [0.1, 0.15) is 12.4 Å². The average Bonchev–Trinajstić information content (AvgIpc) is 2.97. The zero-order valence-corrected chi connectivity index (χ0v) is 19.3. The van der Waals surface area contributed by atoms with E-state index in [-0.39, 0.29) is 12.4 Å². The maximum absolute atomic E-state index is 13.0. The molecular formula is C24H29ClO3S. The van der Waals surface area contributed by atoms with Crippen molar-refractivity contribution in [2.45, 2.75) is 65.9 Å². The molecule has 4 rings (SSSR count). The SMILES string of the molecule is Cc1cc(CCC(=O)c2sc(C)c3c2C[C@@H]2[C@H]3C2(C)C)cc(Cl)c1OCC(C)O. The summed E-state index contributed by atoms with van der Waals surface area (Å²) in [5.41, 5.74) is 5.19. The number of aryl methyl sites for hydroxylation is 3. The second-order valence-corrected chi connectivity index (χ2v) is 10.9. The molecule has 29 heavy (non-hydrogen) atoms. The molecule has 1 heterocycles. The van der Waals surface area contributed by atoms with Gasteiger partial charge in [-0.1, -0.05) is 31.5 Å². The van der Waals surface area contributed by atoms with Crippen LogP contribution in [-0.2, 0) is 12.8 Å². The predicted molar refractivity (Wildman–Crippen MR) is 119 cm³/mol. The van der Waals surface area contributed by atoms with Crippen molar-refractivity contribution in [3.05, 3.63) is 49.2 Å². The van der Waals surface area contributed by atoms with Crippen molar-refractivity contribution in [3.63, 3.8) is 0 Å². The summed E-state index contributed by atoms with van der Waals surface area (Å²) in [5.74, 6) is 2.24. The molecule has 0 saturated heterocycles. The fourth-order valence-electron chi connectivity index (χ4n) is 5.06. The normalized spacial score (nSPS) is 22.2. The lowest BCUT2D eigenvalue weighted by Crippen LogP contribution is -2.13. The van der Waals surface area contributed by atoms with E-state index in [1.807, 2.05) is 19.1 Å². The van der Waals surface area contributed by atoms with Gasteiger partial charge in [-0.15, -0.1) is 11.3 Å². The third-order valence-corrected chi connectivity index (χ3v) is 8.16. The van der Waals surface area contributed by atoms with Crippen LogP contribution in [0.4, 0.5) is 0 Å². The van der Waals surface area contributed by atoms with Gasteiger partial charge in [-0.05, 0) is 79.2 Å². The van der Waals surface area contributed by atoms with E-state index in [1.165, 1.54) is 16.0 Å². The molecule has 0 bridgehead atoms. The van der Waals surface area contributed by atoms with Crippen LogP contribution in [0.3, 0.4) is 0 Å². The number of ether oxygens (including phenoxy) is 1. The predicted octanol–water partition coefficient (Wildman–Crippen LogP) is 5.89. The van der Waals surface area contributed by atoms with Crippen LogP contribution in [0.5, 0.6) is 5.75 Å². The van der Waals surface area contributed by atoms with Crippen molar-refractivity contribution in [2.24, 2.45) is 11.3 Å². The van der Waals surface area contributed by atoms with Crippen molar-refractivity contribution in [3.8, 4) is 5.75 Å². The highest BCUT2D eigenvalue weighted by Gasteiger charge is 2.63. The summed E-state index contributed by atoms with van der Waals surface area (Å²) >= 11 is 8.08. The molecular weight excluding hydrogens is 404 g/mol. The second-order valence-electron chi connectivity index (χ2n) is 9.30. The molecule has 0 radical (unpaired) electrons. The number of aliphatic hydroxyl groups excluding tert-OH is 1. The molecule has 2 aliphatic carbocycles. The summed E-state index contributed by atoms with van der Waals surface area (Å²) in [4.78, 5) is 15.3. The van der Waals surface area contributed by atoms with Gasteiger partial charge >= 0.3 is 0 Å². The molecule has 3 nitrogen and oxygen atoms in total. The summed E-state index contributed by atoms with van der Waals surface area (Å²) in [6.45, 7) is 10.7. The molecule has 1 aromatic carbocycles. The largest absolute Gasteiger partial charge is 0.489 e. The molecule has 1 saturated carbocycles. The van der Waals surface area contributed by atoms with E-state index in [0.717, 1.165) is 28.3 Å². The van der Waals surface area contributed by atoms with Crippen LogP contribution in [0, 0.1) is 25.2 Å². The Kier molecular flexibility index (Phi) is 5.33. The van der Waals surface area contributed by atoms with Gasteiger partial charge in [0.15, 0.2) is 5.78 Å². The van der Waals surface area contributed by atoms with E-state index in [0.29, 0.717) is 34.9 Å². The van der Waals surface area contributed by atoms with Crippen molar-refractivity contribution < 1.29 is 14.6 Å². The topological polar surface area (TPSA) is 46.5 Å². The van der Waals surface area contributed by atoms with E-state index >= 15 is 0 Å². The molecule has 0 amide bonds. The lowest BCUT2D eigenvalue weighted by atomic mass is 9.94. The van der Waals surface area contributed by atoms with Gasteiger partial charge in [-0.3, -0.25) is 4.79 Å². The number of carbonyl (C=O) groups is 1. The second kappa shape index (κ2) is 7.40. The molecule has 1 aromatic heterocycles. The summed E-state index contributed by atoms with van der Waals surface area (Å²) < 4.78 is 5.62. The van der Waals surface area contributed by atoms with Crippen LogP contribution in [0.25, 0.3) is 0 Å². The minimum absolute atomic E-state index is 0.208. The number of aliphatic hydroxyl groups is 1. The first-order valence-electron chi connectivity index (χ1n) is 10.4. The number of ketones is 1. The van der Waals surface area contributed by atoms with Crippen LogP contribution in [0.15, 0.2) is 12.1 Å². The summed E-state index contributed by atoms with van der Waals surface area (Å²) in [5, 5.41) is 9.95. The van der Waals surface area contributed by atoms with E-state index in [4.69, 9.17) is 16.3 Å². The maximum Gasteiger partial charge on any atom is 0.173 e. The van der Waals surface area contributed by atoms with Crippen LogP contribution >= 0.6 is 22.9 Å². The molecule has 1 fully saturated rings. The smallest absolute Gasteiger partial charge is 0.173 e. The Balaban J connectivity index is 1.45. The molecule has 0 spiro atoms. The number of hydrogen-bond donors (Lipinski definition) is 1. The Morgan fingerprint density at radius 1 is 1.38 bits per heavy atom. The first-order valence-corrected chi connectivity index (χ1v) is 11.6. The van der Waals surface area contributed by atoms with Gasteiger partial charge in [0.2, 0.25) is 0 Å². The fraction of sp³-hybridized carbons (Fsp3) is 0.542. The van der Waals surface area contributed by atoms with E-state index in [2.05, 4.69) is 20.8 Å². The Hall–Kier alpha value is -1.36. The summed E-state index contributed by atoms with van der Waals surface area (Å²) in [7, 11) is 0.